The first kappa shape index (κ1) is 24.7. The number of pyridine rings is 2. The number of H-pyrrole nitrogens is 1. The van der Waals surface area contributed by atoms with Gasteiger partial charge in [0.1, 0.15) is 6.07 Å². The van der Waals surface area contributed by atoms with Crippen molar-refractivity contribution < 1.29 is 0 Å². The van der Waals surface area contributed by atoms with Crippen LogP contribution in [0.4, 0.5) is 11.4 Å². The summed E-state index contributed by atoms with van der Waals surface area (Å²) < 4.78 is 0. The average Bonchev–Trinajstić information content (AvgIpc) is 3.29. The molecule has 0 spiro atoms. The maximum atomic E-state index is 9.85. The van der Waals surface area contributed by atoms with Crippen LogP contribution in [0.1, 0.15) is 40.2 Å². The van der Waals surface area contributed by atoms with Crippen molar-refractivity contribution in [2.75, 3.05) is 38.5 Å². The van der Waals surface area contributed by atoms with Crippen molar-refractivity contribution in [2.45, 2.75) is 26.8 Å². The van der Waals surface area contributed by atoms with Crippen LogP contribution < -0.4 is 5.32 Å². The van der Waals surface area contributed by atoms with Gasteiger partial charge in [0, 0.05) is 59.9 Å². The van der Waals surface area contributed by atoms with E-state index in [1.54, 1.807) is 6.20 Å². The Morgan fingerprint density at radius 3 is 2.84 bits per heavy atom. The third-order valence-electron chi connectivity index (χ3n) is 7.15. The lowest BCUT2D eigenvalue weighted by atomic mass is 10.0. The van der Waals surface area contributed by atoms with Gasteiger partial charge in [-0.1, -0.05) is 6.07 Å². The zero-order chi connectivity index (χ0) is 25.8. The Morgan fingerprint density at radius 1 is 1.08 bits per heavy atom. The van der Waals surface area contributed by atoms with E-state index in [1.165, 1.54) is 6.42 Å². The SMILES string of the molecule is Cc1ncc(C#N)c(Nc2ccc3[nH]ccc3c2C)c1/C=C/c1cccc(CN2CCCN(C)CC2)n1. The molecule has 2 N–H and O–H groups in total. The molecule has 0 atom stereocenters. The van der Waals surface area contributed by atoms with Crippen LogP contribution >= 0.6 is 0 Å². The average molecular weight is 492 g/mol. The van der Waals surface area contributed by atoms with Crippen molar-refractivity contribution >= 4 is 34.4 Å². The molecule has 0 unspecified atom stereocenters. The summed E-state index contributed by atoms with van der Waals surface area (Å²) in [5, 5.41) is 14.5. The molecule has 7 nitrogen and oxygen atoms in total. The van der Waals surface area contributed by atoms with Crippen LogP contribution in [0, 0.1) is 25.2 Å². The fraction of sp³-hybridized carbons (Fsp3) is 0.300. The minimum absolute atomic E-state index is 0.506. The lowest BCUT2D eigenvalue weighted by Crippen LogP contribution is -2.28. The second-order valence-corrected chi connectivity index (χ2v) is 9.78. The van der Waals surface area contributed by atoms with Gasteiger partial charge in [-0.15, -0.1) is 0 Å². The van der Waals surface area contributed by atoms with Gasteiger partial charge in [0.15, 0.2) is 0 Å². The molecule has 1 saturated heterocycles. The smallest absolute Gasteiger partial charge is 0.103 e. The van der Waals surface area contributed by atoms with Crippen molar-refractivity contribution in [1.82, 2.24) is 24.8 Å². The molecular weight excluding hydrogens is 458 g/mol. The summed E-state index contributed by atoms with van der Waals surface area (Å²) >= 11 is 0. The summed E-state index contributed by atoms with van der Waals surface area (Å²) in [6, 6.07) is 14.7. The predicted molar refractivity (Wildman–Crippen MR) is 151 cm³/mol. The molecule has 1 fully saturated rings. The van der Waals surface area contributed by atoms with Crippen molar-refractivity contribution in [1.29, 1.82) is 5.26 Å². The number of hydrogen-bond acceptors (Lipinski definition) is 6. The van der Waals surface area contributed by atoms with E-state index in [1.807, 2.05) is 37.4 Å². The van der Waals surface area contributed by atoms with Crippen LogP contribution in [0.15, 0.2) is 48.8 Å². The quantitative estimate of drug-likeness (QED) is 0.371. The Morgan fingerprint density at radius 2 is 1.97 bits per heavy atom. The van der Waals surface area contributed by atoms with Crippen molar-refractivity contribution in [3.8, 4) is 6.07 Å². The first-order valence-corrected chi connectivity index (χ1v) is 12.8. The normalized spacial score (nSPS) is 15.2. The number of aromatic nitrogens is 3. The largest absolute Gasteiger partial charge is 0.361 e. The third kappa shape index (κ3) is 5.56. The lowest BCUT2D eigenvalue weighted by molar-refractivity contribution is 0.266. The molecule has 0 amide bonds. The molecule has 1 aromatic carbocycles. The molecule has 1 aliphatic rings. The fourth-order valence-corrected chi connectivity index (χ4v) is 4.93. The molecule has 0 bridgehead atoms. The maximum Gasteiger partial charge on any atom is 0.103 e. The highest BCUT2D eigenvalue weighted by atomic mass is 15.2. The van der Waals surface area contributed by atoms with Crippen LogP contribution in [0.2, 0.25) is 0 Å². The number of aryl methyl sites for hydroxylation is 2. The molecule has 0 radical (unpaired) electrons. The first-order valence-electron chi connectivity index (χ1n) is 12.8. The van der Waals surface area contributed by atoms with Gasteiger partial charge in [-0.2, -0.15) is 5.26 Å². The van der Waals surface area contributed by atoms with Crippen LogP contribution in [0.5, 0.6) is 0 Å². The molecule has 188 valence electrons. The number of anilines is 2. The standard InChI is InChI=1S/C30H33N7/c1-21-26-12-13-32-29(26)11-10-28(21)35-30-23(18-31)19-33-22(2)27(30)9-8-24-6-4-7-25(34-24)20-37-15-5-14-36(3)16-17-37/h4,6-13,19,32H,5,14-17,20H2,1-3H3,(H,33,35)/b9-8+. The van der Waals surface area contributed by atoms with E-state index in [2.05, 4.69) is 69.4 Å². The summed E-state index contributed by atoms with van der Waals surface area (Å²) in [6.07, 6.45) is 8.79. The summed E-state index contributed by atoms with van der Waals surface area (Å²) in [6.45, 7) is 9.31. The van der Waals surface area contributed by atoms with Crippen LogP contribution in [-0.4, -0.2) is 58.0 Å². The Bertz CT molecular complexity index is 1480. The molecule has 5 rings (SSSR count). The number of hydrogen-bond donors (Lipinski definition) is 2. The molecule has 4 heterocycles. The Hall–Kier alpha value is -3.99. The molecule has 7 heteroatoms. The number of nitrogens with one attached hydrogen (secondary N) is 2. The molecule has 3 aromatic heterocycles. The van der Waals surface area contributed by atoms with E-state index >= 15 is 0 Å². The van der Waals surface area contributed by atoms with Crippen LogP contribution in [-0.2, 0) is 6.54 Å². The van der Waals surface area contributed by atoms with Crippen molar-refractivity contribution in [2.24, 2.45) is 0 Å². The number of aromatic amines is 1. The topological polar surface area (TPSA) is 83.9 Å². The summed E-state index contributed by atoms with van der Waals surface area (Å²) in [5.41, 5.74) is 8.14. The zero-order valence-corrected chi connectivity index (χ0v) is 21.8. The van der Waals surface area contributed by atoms with Gasteiger partial charge in [0.25, 0.3) is 0 Å². The monoisotopic (exact) mass is 491 g/mol. The van der Waals surface area contributed by atoms with Crippen molar-refractivity contribution in [3.05, 3.63) is 82.6 Å². The van der Waals surface area contributed by atoms with Gasteiger partial charge < -0.3 is 15.2 Å². The van der Waals surface area contributed by atoms with E-state index in [4.69, 9.17) is 4.98 Å². The number of fused-ring (bicyclic) bond motifs is 1. The molecule has 0 aliphatic carbocycles. The fourth-order valence-electron chi connectivity index (χ4n) is 4.93. The molecular formula is C30H33N7. The highest BCUT2D eigenvalue weighted by molar-refractivity contribution is 5.90. The van der Waals surface area contributed by atoms with Crippen LogP contribution in [0.3, 0.4) is 0 Å². The highest BCUT2D eigenvalue weighted by Gasteiger charge is 2.15. The first-order chi connectivity index (χ1) is 18.0. The van der Waals surface area contributed by atoms with Gasteiger partial charge in [-0.05, 0) is 88.5 Å². The van der Waals surface area contributed by atoms with Gasteiger partial charge in [0.2, 0.25) is 0 Å². The Kier molecular flexibility index (Phi) is 7.31. The van der Waals surface area contributed by atoms with E-state index < -0.39 is 0 Å². The minimum atomic E-state index is 0.506. The second-order valence-electron chi connectivity index (χ2n) is 9.78. The summed E-state index contributed by atoms with van der Waals surface area (Å²) in [5.74, 6) is 0. The van der Waals surface area contributed by atoms with Crippen LogP contribution in [0.25, 0.3) is 23.1 Å². The van der Waals surface area contributed by atoms with E-state index in [-0.39, 0.29) is 0 Å². The van der Waals surface area contributed by atoms with Gasteiger partial charge >= 0.3 is 0 Å². The Labute approximate surface area is 218 Å². The van der Waals surface area contributed by atoms with Gasteiger partial charge in [-0.25, -0.2) is 0 Å². The summed E-state index contributed by atoms with van der Waals surface area (Å²) in [4.78, 5) is 17.5. The third-order valence-corrected chi connectivity index (χ3v) is 7.15. The predicted octanol–water partition coefficient (Wildman–Crippen LogP) is 5.50. The van der Waals surface area contributed by atoms with Gasteiger partial charge in [-0.3, -0.25) is 14.9 Å². The molecule has 37 heavy (non-hydrogen) atoms. The molecule has 0 saturated carbocycles. The zero-order valence-electron chi connectivity index (χ0n) is 21.8. The highest BCUT2D eigenvalue weighted by Crippen LogP contribution is 2.32. The second kappa shape index (κ2) is 11.0. The number of benzene rings is 1. The number of likely N-dealkylation sites (N-methyl/N-ethyl adjacent to an activating group) is 1. The van der Waals surface area contributed by atoms with E-state index in [0.29, 0.717) is 5.56 Å². The van der Waals surface area contributed by atoms with Gasteiger partial charge in [0.05, 0.1) is 22.6 Å². The molecule has 4 aromatic rings. The number of nitrogens with zero attached hydrogens (tertiary/aromatic N) is 5. The maximum absolute atomic E-state index is 9.85. The number of rotatable bonds is 6. The van der Waals surface area contributed by atoms with E-state index in [9.17, 15) is 5.26 Å². The lowest BCUT2D eigenvalue weighted by Gasteiger charge is -2.19. The van der Waals surface area contributed by atoms with E-state index in [0.717, 1.165) is 83.2 Å². The summed E-state index contributed by atoms with van der Waals surface area (Å²) in [7, 11) is 2.19. The Balaban J connectivity index is 1.42. The minimum Gasteiger partial charge on any atom is -0.361 e. The number of nitriles is 1. The molecule has 1 aliphatic heterocycles. The van der Waals surface area contributed by atoms with Crippen molar-refractivity contribution in [3.63, 3.8) is 0 Å².